The molecule has 0 amide bonds. The Kier molecular flexibility index (Phi) is 4.36. The van der Waals surface area contributed by atoms with Gasteiger partial charge in [-0.25, -0.2) is 4.99 Å². The highest BCUT2D eigenvalue weighted by Gasteiger charge is 2.55. The lowest BCUT2D eigenvalue weighted by Crippen LogP contribution is -2.23. The van der Waals surface area contributed by atoms with Crippen molar-refractivity contribution in [2.24, 2.45) is 16.6 Å². The number of aryl methyl sites for hydroxylation is 2. The second kappa shape index (κ2) is 6.15. The molecule has 0 radical (unpaired) electrons. The summed E-state index contributed by atoms with van der Waals surface area (Å²) >= 11 is 0. The molecular weight excluding hydrogens is 397 g/mol. The van der Waals surface area contributed by atoms with Crippen LogP contribution in [0.4, 0.5) is 5.69 Å². The normalized spacial score (nSPS) is 24.4. The molecule has 4 rings (SSSR count). The number of nitrogens with two attached hydrogens (primary N) is 1. The SMILES string of the molecule is Cc1cc(C)cc(NC(N)=NC2C3Cc4ccccc4C32)c1.I. The molecule has 0 bridgehead atoms. The summed E-state index contributed by atoms with van der Waals surface area (Å²) in [7, 11) is 0. The lowest BCUT2D eigenvalue weighted by Gasteiger charge is -2.09. The highest BCUT2D eigenvalue weighted by atomic mass is 127. The first kappa shape index (κ1) is 16.3. The van der Waals surface area contributed by atoms with E-state index < -0.39 is 0 Å². The fourth-order valence-electron chi connectivity index (χ4n) is 3.88. The molecule has 0 aliphatic heterocycles. The van der Waals surface area contributed by atoms with Crippen LogP contribution < -0.4 is 11.1 Å². The first-order valence-corrected chi connectivity index (χ1v) is 7.88. The number of anilines is 1. The summed E-state index contributed by atoms with van der Waals surface area (Å²) < 4.78 is 0. The largest absolute Gasteiger partial charge is 0.370 e. The third-order valence-corrected chi connectivity index (χ3v) is 4.78. The summed E-state index contributed by atoms with van der Waals surface area (Å²) in [5.41, 5.74) is 12.5. The molecule has 2 aliphatic rings. The molecule has 3 nitrogen and oxygen atoms in total. The Hall–Kier alpha value is -1.56. The minimum Gasteiger partial charge on any atom is -0.370 e. The third kappa shape index (κ3) is 3.09. The Labute approximate surface area is 154 Å². The molecule has 2 aliphatic carbocycles. The smallest absolute Gasteiger partial charge is 0.193 e. The first-order chi connectivity index (χ1) is 10.6. The number of halogens is 1. The van der Waals surface area contributed by atoms with E-state index in [9.17, 15) is 0 Å². The van der Waals surface area contributed by atoms with E-state index >= 15 is 0 Å². The lowest BCUT2D eigenvalue weighted by atomic mass is 10.1. The van der Waals surface area contributed by atoms with Crippen LogP contribution in [0.2, 0.25) is 0 Å². The first-order valence-electron chi connectivity index (χ1n) is 7.88. The Morgan fingerprint density at radius 3 is 2.57 bits per heavy atom. The van der Waals surface area contributed by atoms with Crippen molar-refractivity contribution in [3.63, 3.8) is 0 Å². The molecule has 2 aromatic rings. The lowest BCUT2D eigenvalue weighted by molar-refractivity contribution is 0.801. The Morgan fingerprint density at radius 2 is 1.83 bits per heavy atom. The van der Waals surface area contributed by atoms with Crippen molar-refractivity contribution in [3.05, 3.63) is 64.7 Å². The van der Waals surface area contributed by atoms with Gasteiger partial charge in [0, 0.05) is 11.6 Å². The fourth-order valence-corrected chi connectivity index (χ4v) is 3.88. The minimum atomic E-state index is 0. The van der Waals surface area contributed by atoms with E-state index in [0.717, 1.165) is 12.1 Å². The number of hydrogen-bond acceptors (Lipinski definition) is 1. The molecule has 0 spiro atoms. The van der Waals surface area contributed by atoms with Gasteiger partial charge in [0.15, 0.2) is 5.96 Å². The van der Waals surface area contributed by atoms with E-state index in [4.69, 9.17) is 10.7 Å². The average molecular weight is 419 g/mol. The molecule has 4 heteroatoms. The van der Waals surface area contributed by atoms with Crippen molar-refractivity contribution < 1.29 is 0 Å². The van der Waals surface area contributed by atoms with Crippen LogP contribution in [0.15, 0.2) is 47.5 Å². The van der Waals surface area contributed by atoms with Crippen LogP contribution in [0.1, 0.15) is 28.2 Å². The van der Waals surface area contributed by atoms with Gasteiger partial charge in [-0.2, -0.15) is 0 Å². The van der Waals surface area contributed by atoms with Gasteiger partial charge in [0.1, 0.15) is 0 Å². The Balaban J connectivity index is 0.00000156. The zero-order valence-electron chi connectivity index (χ0n) is 13.4. The zero-order valence-corrected chi connectivity index (χ0v) is 15.7. The van der Waals surface area contributed by atoms with Crippen LogP contribution in [-0.4, -0.2) is 12.0 Å². The van der Waals surface area contributed by atoms with E-state index in [1.54, 1.807) is 0 Å². The summed E-state index contributed by atoms with van der Waals surface area (Å²) in [6.07, 6.45) is 1.14. The maximum atomic E-state index is 6.11. The summed E-state index contributed by atoms with van der Waals surface area (Å²) in [4.78, 5) is 4.71. The third-order valence-electron chi connectivity index (χ3n) is 4.78. The number of guanidine groups is 1. The number of nitrogens with zero attached hydrogens (tertiary/aromatic N) is 1. The maximum absolute atomic E-state index is 6.11. The van der Waals surface area contributed by atoms with Crippen molar-refractivity contribution in [1.82, 2.24) is 0 Å². The molecule has 3 unspecified atom stereocenters. The van der Waals surface area contributed by atoms with Crippen molar-refractivity contribution in [1.29, 1.82) is 0 Å². The van der Waals surface area contributed by atoms with Gasteiger partial charge in [-0.15, -0.1) is 24.0 Å². The van der Waals surface area contributed by atoms with Gasteiger partial charge in [0.2, 0.25) is 0 Å². The maximum Gasteiger partial charge on any atom is 0.193 e. The molecule has 0 heterocycles. The topological polar surface area (TPSA) is 50.4 Å². The van der Waals surface area contributed by atoms with Crippen LogP contribution in [0, 0.1) is 19.8 Å². The summed E-state index contributed by atoms with van der Waals surface area (Å²) in [6.45, 7) is 4.18. The predicted molar refractivity (Wildman–Crippen MR) is 107 cm³/mol. The van der Waals surface area contributed by atoms with Crippen molar-refractivity contribution >= 4 is 35.6 Å². The number of benzene rings is 2. The van der Waals surface area contributed by atoms with Crippen molar-refractivity contribution in [2.45, 2.75) is 32.2 Å². The predicted octanol–water partition coefficient (Wildman–Crippen LogP) is 3.99. The quantitative estimate of drug-likeness (QED) is 0.440. The van der Waals surface area contributed by atoms with Gasteiger partial charge < -0.3 is 11.1 Å². The number of nitrogens with one attached hydrogen (secondary N) is 1. The Bertz CT molecular complexity index is 749. The molecule has 3 N–H and O–H groups in total. The standard InChI is InChI=1S/C19H21N3.HI/c1-11-7-12(2)9-14(8-11)21-19(20)22-18-16-10-13-5-3-4-6-15(13)17(16)18;/h3-9,16-18H,10H2,1-2H3,(H3,20,21,22);1H. The average Bonchev–Trinajstić information content (AvgIpc) is 2.95. The van der Waals surface area contributed by atoms with E-state index in [1.165, 1.54) is 22.3 Å². The molecule has 120 valence electrons. The van der Waals surface area contributed by atoms with Gasteiger partial charge in [-0.1, -0.05) is 30.3 Å². The monoisotopic (exact) mass is 419 g/mol. The molecule has 0 aromatic heterocycles. The number of rotatable bonds is 2. The zero-order chi connectivity index (χ0) is 15.3. The van der Waals surface area contributed by atoms with Crippen LogP contribution >= 0.6 is 24.0 Å². The summed E-state index contributed by atoms with van der Waals surface area (Å²) in [5.74, 6) is 1.76. The number of aliphatic imine (C=N–C) groups is 1. The number of hydrogen-bond donors (Lipinski definition) is 2. The van der Waals surface area contributed by atoms with E-state index in [1.807, 2.05) is 0 Å². The van der Waals surface area contributed by atoms with Crippen LogP contribution in [0.5, 0.6) is 0 Å². The van der Waals surface area contributed by atoms with E-state index in [0.29, 0.717) is 23.8 Å². The van der Waals surface area contributed by atoms with Gasteiger partial charge in [-0.05, 0) is 60.6 Å². The molecule has 3 atom stereocenters. The summed E-state index contributed by atoms with van der Waals surface area (Å²) in [6, 6.07) is 15.4. The Morgan fingerprint density at radius 1 is 1.13 bits per heavy atom. The van der Waals surface area contributed by atoms with Gasteiger partial charge in [0.05, 0.1) is 6.04 Å². The molecule has 2 aromatic carbocycles. The van der Waals surface area contributed by atoms with Gasteiger partial charge in [-0.3, -0.25) is 0 Å². The number of fused-ring (bicyclic) bond motifs is 3. The van der Waals surface area contributed by atoms with Crippen LogP contribution in [-0.2, 0) is 6.42 Å². The van der Waals surface area contributed by atoms with Gasteiger partial charge >= 0.3 is 0 Å². The highest BCUT2D eigenvalue weighted by molar-refractivity contribution is 14.0. The minimum absolute atomic E-state index is 0. The van der Waals surface area contributed by atoms with Crippen molar-refractivity contribution in [3.8, 4) is 0 Å². The van der Waals surface area contributed by atoms with Crippen LogP contribution in [0.25, 0.3) is 0 Å². The molecule has 0 saturated heterocycles. The fraction of sp³-hybridized carbons (Fsp3) is 0.316. The van der Waals surface area contributed by atoms with Crippen LogP contribution in [0.3, 0.4) is 0 Å². The van der Waals surface area contributed by atoms with Gasteiger partial charge in [0.25, 0.3) is 0 Å². The highest BCUT2D eigenvalue weighted by Crippen LogP contribution is 2.58. The second-order valence-electron chi connectivity index (χ2n) is 6.60. The van der Waals surface area contributed by atoms with Crippen molar-refractivity contribution in [2.75, 3.05) is 5.32 Å². The molecule has 1 saturated carbocycles. The second-order valence-corrected chi connectivity index (χ2v) is 6.60. The molecule has 1 fully saturated rings. The van der Waals surface area contributed by atoms with E-state index in [-0.39, 0.29) is 24.0 Å². The van der Waals surface area contributed by atoms with E-state index in [2.05, 4.69) is 61.6 Å². The molecule has 23 heavy (non-hydrogen) atoms. The molecular formula is C19H22IN3. The summed E-state index contributed by atoms with van der Waals surface area (Å²) in [5, 5.41) is 3.24.